The number of hydrogen-bond donors (Lipinski definition) is 1. The van der Waals surface area contributed by atoms with Gasteiger partial charge < -0.3 is 9.88 Å². The first-order valence-electron chi connectivity index (χ1n) is 15.3. The van der Waals surface area contributed by atoms with Gasteiger partial charge in [-0.15, -0.1) is 0 Å². The lowest BCUT2D eigenvalue weighted by molar-refractivity contribution is -0.146. The van der Waals surface area contributed by atoms with Crippen molar-refractivity contribution in [3.8, 4) is 0 Å². The van der Waals surface area contributed by atoms with Crippen LogP contribution in [-0.2, 0) is 18.9 Å². The average Bonchev–Trinajstić information content (AvgIpc) is 3.20. The van der Waals surface area contributed by atoms with Crippen molar-refractivity contribution in [1.29, 1.82) is 0 Å². The number of anilines is 1. The first kappa shape index (κ1) is 37.4. The number of amides is 1. The Bertz CT molecular complexity index is 1370. The quantitative estimate of drug-likeness (QED) is 0.167. The van der Waals surface area contributed by atoms with Gasteiger partial charge in [0.25, 0.3) is 0 Å². The first-order valence-corrected chi connectivity index (χ1v) is 17.0. The van der Waals surface area contributed by atoms with E-state index in [0.29, 0.717) is 16.3 Å². The highest BCUT2D eigenvalue weighted by Crippen LogP contribution is 2.54. The lowest BCUT2D eigenvalue weighted by Crippen LogP contribution is -2.49. The Morgan fingerprint density at radius 3 is 1.51 bits per heavy atom. The molecule has 1 aliphatic rings. The highest BCUT2D eigenvalue weighted by atomic mass is 31.2. The third-order valence-electron chi connectivity index (χ3n) is 8.02. The van der Waals surface area contributed by atoms with Gasteiger partial charge in [0, 0.05) is 27.8 Å². The summed E-state index contributed by atoms with van der Waals surface area (Å²) in [5.74, 6) is -2.30. The molecule has 1 fully saturated rings. The van der Waals surface area contributed by atoms with Crippen molar-refractivity contribution in [2.75, 3.05) is 5.32 Å². The van der Waals surface area contributed by atoms with Gasteiger partial charge in [0.05, 0.1) is 0 Å². The SMILES string of the molecule is CC.CC.CC.CCC1(C(=O)Nc2ccc(C(=O)P(=O)(c3ccccc3)c3ccccc3)cc2)C(=O)C(=O)C(C)C1(C)C. The topological polar surface area (TPSA) is 97.4 Å². The van der Waals surface area contributed by atoms with Crippen LogP contribution in [0.4, 0.5) is 5.69 Å². The predicted molar refractivity (Wildman–Crippen MR) is 179 cm³/mol. The van der Waals surface area contributed by atoms with E-state index in [1.807, 2.05) is 41.5 Å². The van der Waals surface area contributed by atoms with Crippen molar-refractivity contribution in [3.05, 3.63) is 90.5 Å². The summed E-state index contributed by atoms with van der Waals surface area (Å²) < 4.78 is 14.3. The molecule has 3 aromatic rings. The minimum atomic E-state index is -3.66. The van der Waals surface area contributed by atoms with Crippen LogP contribution in [0, 0.1) is 16.7 Å². The minimum absolute atomic E-state index is 0.189. The summed E-state index contributed by atoms with van der Waals surface area (Å²) in [5, 5.41) is 3.66. The van der Waals surface area contributed by atoms with Crippen molar-refractivity contribution in [2.24, 2.45) is 16.7 Å². The van der Waals surface area contributed by atoms with E-state index in [1.54, 1.807) is 100 Å². The van der Waals surface area contributed by atoms with Crippen LogP contribution >= 0.6 is 7.14 Å². The molecule has 43 heavy (non-hydrogen) atoms. The van der Waals surface area contributed by atoms with Gasteiger partial charge in [0.15, 0.2) is 0 Å². The lowest BCUT2D eigenvalue weighted by Gasteiger charge is -2.39. The van der Waals surface area contributed by atoms with Crippen molar-refractivity contribution >= 4 is 46.4 Å². The number of ketones is 2. The van der Waals surface area contributed by atoms with E-state index < -0.39 is 46.9 Å². The molecule has 232 valence electrons. The number of Topliss-reactive ketones (excluding diaryl/α,β-unsaturated/α-hetero) is 2. The molecule has 1 N–H and O–H groups in total. The van der Waals surface area contributed by atoms with Crippen LogP contribution in [0.2, 0.25) is 0 Å². The smallest absolute Gasteiger partial charge is 0.239 e. The molecule has 1 amide bonds. The van der Waals surface area contributed by atoms with E-state index in [9.17, 15) is 23.7 Å². The molecule has 0 aromatic heterocycles. The Labute approximate surface area is 258 Å². The maximum atomic E-state index is 14.3. The van der Waals surface area contributed by atoms with Gasteiger partial charge in [-0.2, -0.15) is 0 Å². The largest absolute Gasteiger partial charge is 0.325 e. The zero-order chi connectivity index (χ0) is 33.0. The Balaban J connectivity index is 0.00000145. The van der Waals surface area contributed by atoms with Crippen molar-refractivity contribution in [2.45, 2.75) is 75.7 Å². The number of hydrogen-bond acceptors (Lipinski definition) is 5. The van der Waals surface area contributed by atoms with E-state index in [1.165, 1.54) is 12.1 Å². The summed E-state index contributed by atoms with van der Waals surface area (Å²) in [6.45, 7) is 19.0. The predicted octanol–water partition coefficient (Wildman–Crippen LogP) is 8.07. The van der Waals surface area contributed by atoms with Crippen molar-refractivity contribution in [1.82, 2.24) is 0 Å². The van der Waals surface area contributed by atoms with Crippen LogP contribution in [-0.4, -0.2) is 23.0 Å². The van der Waals surface area contributed by atoms with E-state index in [4.69, 9.17) is 0 Å². The van der Waals surface area contributed by atoms with E-state index in [-0.39, 0.29) is 12.0 Å². The summed E-state index contributed by atoms with van der Waals surface area (Å²) in [5.41, 5.74) is -2.23. The fourth-order valence-corrected chi connectivity index (χ4v) is 7.81. The molecule has 0 radical (unpaired) electrons. The molecule has 2 unspecified atom stereocenters. The van der Waals surface area contributed by atoms with Crippen LogP contribution in [0.1, 0.15) is 86.0 Å². The second-order valence-corrected chi connectivity index (χ2v) is 12.7. The number of nitrogens with one attached hydrogen (secondary N) is 1. The van der Waals surface area contributed by atoms with Gasteiger partial charge in [0.2, 0.25) is 30.1 Å². The molecule has 0 bridgehead atoms. The van der Waals surface area contributed by atoms with Crippen LogP contribution in [0.3, 0.4) is 0 Å². The van der Waals surface area contributed by atoms with Gasteiger partial charge >= 0.3 is 0 Å². The molecule has 7 heteroatoms. The van der Waals surface area contributed by atoms with Gasteiger partial charge in [0.1, 0.15) is 5.41 Å². The molecule has 0 aliphatic heterocycles. The van der Waals surface area contributed by atoms with E-state index in [0.717, 1.165) is 0 Å². The number of benzene rings is 3. The molecule has 3 aromatic carbocycles. The monoisotopic (exact) mass is 605 g/mol. The number of carbonyl (C=O) groups is 4. The summed E-state index contributed by atoms with van der Waals surface area (Å²) in [6.07, 6.45) is 0.189. The van der Waals surface area contributed by atoms with Crippen molar-refractivity contribution < 1.29 is 23.7 Å². The summed E-state index contributed by atoms with van der Waals surface area (Å²) in [6, 6.07) is 23.5. The minimum Gasteiger partial charge on any atom is -0.325 e. The van der Waals surface area contributed by atoms with E-state index in [2.05, 4.69) is 5.32 Å². The highest BCUT2D eigenvalue weighted by Gasteiger charge is 2.66. The fourth-order valence-electron chi connectivity index (χ4n) is 5.34. The molecule has 2 atom stereocenters. The lowest BCUT2D eigenvalue weighted by atomic mass is 9.62. The van der Waals surface area contributed by atoms with Crippen LogP contribution in [0.5, 0.6) is 0 Å². The summed E-state index contributed by atoms with van der Waals surface area (Å²) in [4.78, 5) is 52.6. The second-order valence-electron chi connectivity index (χ2n) is 10.0. The molecule has 0 spiro atoms. The van der Waals surface area contributed by atoms with Crippen LogP contribution < -0.4 is 15.9 Å². The average molecular weight is 606 g/mol. The molecular weight excluding hydrogens is 557 g/mol. The highest BCUT2D eigenvalue weighted by molar-refractivity contribution is 7.93. The maximum absolute atomic E-state index is 14.3. The molecule has 0 heterocycles. The van der Waals surface area contributed by atoms with E-state index >= 15 is 0 Å². The second kappa shape index (κ2) is 16.3. The summed E-state index contributed by atoms with van der Waals surface area (Å²) >= 11 is 0. The van der Waals surface area contributed by atoms with Gasteiger partial charge in [-0.05, 0) is 36.1 Å². The van der Waals surface area contributed by atoms with Gasteiger partial charge in [-0.3, -0.25) is 19.2 Å². The van der Waals surface area contributed by atoms with Crippen LogP contribution in [0.15, 0.2) is 84.9 Å². The number of carbonyl (C=O) groups excluding carboxylic acids is 4. The van der Waals surface area contributed by atoms with Gasteiger partial charge in [-0.25, -0.2) is 0 Å². The Morgan fingerprint density at radius 2 is 1.16 bits per heavy atom. The summed E-state index contributed by atoms with van der Waals surface area (Å²) in [7, 11) is -3.66. The third-order valence-corrected chi connectivity index (χ3v) is 10.9. The number of rotatable bonds is 7. The molecular formula is C36H48NO5P. The Hall–Kier alpha value is -3.63. The van der Waals surface area contributed by atoms with Crippen molar-refractivity contribution in [3.63, 3.8) is 0 Å². The standard InChI is InChI=1S/C30H30NO5P.3C2H6/c1-5-30(26(33)25(32)20(2)29(30,3)4)28(35)31-22-18-16-21(17-19-22)27(34)37(36,23-12-8-6-9-13-23)24-14-10-7-11-15-24;3*1-2/h6-20H,5H2,1-4H3,(H,31,35);3*1-2H3. The molecule has 1 aliphatic carbocycles. The molecule has 4 rings (SSSR count). The first-order chi connectivity index (χ1) is 20.5. The third kappa shape index (κ3) is 6.80. The normalized spacial score (nSPS) is 18.5. The zero-order valence-electron chi connectivity index (χ0n) is 27.4. The molecule has 0 saturated heterocycles. The van der Waals surface area contributed by atoms with Gasteiger partial charge in [-0.1, -0.05) is 130 Å². The molecule has 1 saturated carbocycles. The van der Waals surface area contributed by atoms with Crippen LogP contribution in [0.25, 0.3) is 0 Å². The fraction of sp³-hybridized carbons (Fsp3) is 0.389. The zero-order valence-corrected chi connectivity index (χ0v) is 28.3. The Morgan fingerprint density at radius 1 is 0.744 bits per heavy atom. The maximum Gasteiger partial charge on any atom is 0.239 e. The Kier molecular flexibility index (Phi) is 14.2. The molecule has 6 nitrogen and oxygen atoms in total.